The molecule has 27 heavy (non-hydrogen) atoms. The summed E-state index contributed by atoms with van der Waals surface area (Å²) < 4.78 is 1.50. The van der Waals surface area contributed by atoms with E-state index in [0.717, 1.165) is 63.8 Å². The fourth-order valence-corrected chi connectivity index (χ4v) is 4.45. The number of carbonyl (C=O) groups excluding carboxylic acids is 1. The van der Waals surface area contributed by atoms with Crippen LogP contribution in [0.1, 0.15) is 23.3 Å². The molecule has 0 spiro atoms. The van der Waals surface area contributed by atoms with E-state index in [9.17, 15) is 9.59 Å². The molecule has 2 aromatic rings. The Morgan fingerprint density at radius 3 is 2.67 bits per heavy atom. The number of aromatic nitrogens is 3. The SMILES string of the molecule is CN1CCN(CCNC(=O)c2cc(=O)nc3sc(N4CCCC4)nn23)CC1. The van der Waals surface area contributed by atoms with Gasteiger partial charge in [-0.25, -0.2) is 0 Å². The quantitative estimate of drug-likeness (QED) is 0.751. The number of hydrogen-bond donors (Lipinski definition) is 1. The van der Waals surface area contributed by atoms with Gasteiger partial charge in [0.15, 0.2) is 0 Å². The van der Waals surface area contributed by atoms with E-state index in [1.54, 1.807) is 0 Å². The molecular weight excluding hydrogens is 366 g/mol. The molecule has 0 aliphatic carbocycles. The maximum absolute atomic E-state index is 12.7. The van der Waals surface area contributed by atoms with Crippen molar-refractivity contribution in [3.8, 4) is 0 Å². The minimum Gasteiger partial charge on any atom is -0.349 e. The van der Waals surface area contributed by atoms with Crippen LogP contribution < -0.4 is 15.8 Å². The number of nitrogens with zero attached hydrogens (tertiary/aromatic N) is 6. The summed E-state index contributed by atoms with van der Waals surface area (Å²) in [5, 5.41) is 8.29. The number of likely N-dealkylation sites (N-methyl/N-ethyl adjacent to an activating group) is 1. The van der Waals surface area contributed by atoms with Crippen LogP contribution in [0.3, 0.4) is 0 Å². The summed E-state index contributed by atoms with van der Waals surface area (Å²) >= 11 is 1.36. The van der Waals surface area contributed by atoms with E-state index in [0.29, 0.717) is 11.5 Å². The van der Waals surface area contributed by atoms with Gasteiger partial charge in [-0.1, -0.05) is 11.3 Å². The van der Waals surface area contributed by atoms with Crippen molar-refractivity contribution in [1.29, 1.82) is 0 Å². The molecular formula is C17H25N7O2S. The fraction of sp³-hybridized carbons (Fsp3) is 0.647. The molecule has 2 aliphatic heterocycles. The zero-order valence-corrected chi connectivity index (χ0v) is 16.4. The van der Waals surface area contributed by atoms with Crippen LogP contribution in [0.15, 0.2) is 10.9 Å². The molecule has 10 heteroatoms. The Balaban J connectivity index is 1.45. The van der Waals surface area contributed by atoms with Crippen molar-refractivity contribution < 1.29 is 4.79 Å². The predicted molar refractivity (Wildman–Crippen MR) is 105 cm³/mol. The van der Waals surface area contributed by atoms with E-state index in [-0.39, 0.29) is 11.6 Å². The van der Waals surface area contributed by atoms with Crippen molar-refractivity contribution in [2.75, 3.05) is 64.3 Å². The zero-order chi connectivity index (χ0) is 18.8. The van der Waals surface area contributed by atoms with E-state index in [1.165, 1.54) is 21.9 Å². The lowest BCUT2D eigenvalue weighted by molar-refractivity contribution is 0.0933. The molecule has 0 radical (unpaired) electrons. The van der Waals surface area contributed by atoms with Gasteiger partial charge in [0.1, 0.15) is 5.69 Å². The van der Waals surface area contributed by atoms with Gasteiger partial charge in [0, 0.05) is 58.4 Å². The van der Waals surface area contributed by atoms with Gasteiger partial charge in [-0.3, -0.25) is 14.5 Å². The van der Waals surface area contributed by atoms with E-state index >= 15 is 0 Å². The molecule has 0 atom stereocenters. The van der Waals surface area contributed by atoms with Gasteiger partial charge >= 0.3 is 0 Å². The van der Waals surface area contributed by atoms with E-state index in [4.69, 9.17) is 0 Å². The van der Waals surface area contributed by atoms with Gasteiger partial charge in [0.2, 0.25) is 10.1 Å². The number of anilines is 1. The highest BCUT2D eigenvalue weighted by molar-refractivity contribution is 7.20. The number of piperazine rings is 1. The number of rotatable bonds is 5. The number of carbonyl (C=O) groups is 1. The first-order valence-electron chi connectivity index (χ1n) is 9.45. The predicted octanol–water partition coefficient (Wildman–Crippen LogP) is -0.272. The number of amides is 1. The Kier molecular flexibility index (Phi) is 5.37. The molecule has 2 aliphatic rings. The van der Waals surface area contributed by atoms with Gasteiger partial charge in [-0.15, -0.1) is 5.10 Å². The second-order valence-electron chi connectivity index (χ2n) is 7.15. The second kappa shape index (κ2) is 7.91. The first kappa shape index (κ1) is 18.3. The van der Waals surface area contributed by atoms with Crippen molar-refractivity contribution in [2.24, 2.45) is 0 Å². The van der Waals surface area contributed by atoms with Gasteiger partial charge in [-0.2, -0.15) is 9.50 Å². The van der Waals surface area contributed by atoms with Crippen molar-refractivity contribution in [2.45, 2.75) is 12.8 Å². The second-order valence-corrected chi connectivity index (χ2v) is 8.09. The standard InChI is InChI=1S/C17H25N7O2S/c1-21-8-10-22(11-9-21)7-4-18-15(26)13-12-14(25)19-16-24(13)20-17(27-16)23-5-2-3-6-23/h12H,2-11H2,1H3,(H,18,26). The first-order chi connectivity index (χ1) is 13.1. The lowest BCUT2D eigenvalue weighted by atomic mass is 10.3. The lowest BCUT2D eigenvalue weighted by Crippen LogP contribution is -2.47. The molecule has 2 fully saturated rings. The van der Waals surface area contributed by atoms with Crippen molar-refractivity contribution in [3.63, 3.8) is 0 Å². The van der Waals surface area contributed by atoms with E-state index in [2.05, 4.69) is 37.1 Å². The van der Waals surface area contributed by atoms with Gasteiger partial charge in [-0.05, 0) is 19.9 Å². The minimum atomic E-state index is -0.407. The lowest BCUT2D eigenvalue weighted by Gasteiger charge is -2.32. The van der Waals surface area contributed by atoms with E-state index < -0.39 is 5.56 Å². The molecule has 2 saturated heterocycles. The summed E-state index contributed by atoms with van der Waals surface area (Å²) in [6, 6.07) is 1.27. The van der Waals surface area contributed by atoms with Crippen LogP contribution in [-0.2, 0) is 0 Å². The molecule has 2 aromatic heterocycles. The summed E-state index contributed by atoms with van der Waals surface area (Å²) in [7, 11) is 2.12. The highest BCUT2D eigenvalue weighted by Crippen LogP contribution is 2.25. The van der Waals surface area contributed by atoms with Crippen molar-refractivity contribution >= 4 is 27.3 Å². The Hall–Kier alpha value is -2.04. The van der Waals surface area contributed by atoms with Crippen molar-refractivity contribution in [1.82, 2.24) is 29.7 Å². The molecule has 1 N–H and O–H groups in total. The van der Waals surface area contributed by atoms with Crippen LogP contribution in [0.25, 0.3) is 4.96 Å². The Morgan fingerprint density at radius 1 is 1.19 bits per heavy atom. The molecule has 9 nitrogen and oxygen atoms in total. The highest BCUT2D eigenvalue weighted by atomic mass is 32.1. The third kappa shape index (κ3) is 4.12. The third-order valence-corrected chi connectivity index (χ3v) is 6.13. The van der Waals surface area contributed by atoms with Crippen LogP contribution >= 0.6 is 11.3 Å². The third-order valence-electron chi connectivity index (χ3n) is 5.16. The summed E-state index contributed by atoms with van der Waals surface area (Å²) in [5.74, 6) is -0.281. The summed E-state index contributed by atoms with van der Waals surface area (Å²) in [5.41, 5.74) is -0.152. The number of nitrogens with one attached hydrogen (secondary N) is 1. The molecule has 0 bridgehead atoms. The smallest absolute Gasteiger partial charge is 0.274 e. The Bertz CT molecular complexity index is 866. The molecule has 0 unspecified atom stereocenters. The van der Waals surface area contributed by atoms with Crippen LogP contribution in [0.2, 0.25) is 0 Å². The number of hydrogen-bond acceptors (Lipinski definition) is 8. The zero-order valence-electron chi connectivity index (χ0n) is 15.6. The van der Waals surface area contributed by atoms with E-state index in [1.807, 2.05) is 0 Å². The highest BCUT2D eigenvalue weighted by Gasteiger charge is 2.21. The monoisotopic (exact) mass is 391 g/mol. The first-order valence-corrected chi connectivity index (χ1v) is 10.3. The topological polar surface area (TPSA) is 86.1 Å². The Morgan fingerprint density at radius 2 is 1.93 bits per heavy atom. The molecule has 1 amide bonds. The van der Waals surface area contributed by atoms with Crippen LogP contribution in [0.4, 0.5) is 5.13 Å². The van der Waals surface area contributed by atoms with Crippen LogP contribution in [0.5, 0.6) is 0 Å². The van der Waals surface area contributed by atoms with Crippen LogP contribution in [0, 0.1) is 0 Å². The normalized spacial score (nSPS) is 19.1. The molecule has 0 saturated carbocycles. The average Bonchev–Trinajstić information content (AvgIpc) is 3.31. The van der Waals surface area contributed by atoms with Gasteiger partial charge < -0.3 is 15.1 Å². The van der Waals surface area contributed by atoms with Crippen molar-refractivity contribution in [3.05, 3.63) is 22.1 Å². The average molecular weight is 392 g/mol. The van der Waals surface area contributed by atoms with Crippen LogP contribution in [-0.4, -0.2) is 89.7 Å². The molecule has 4 heterocycles. The summed E-state index contributed by atoms with van der Waals surface area (Å²) in [4.78, 5) is 35.9. The Labute approximate surface area is 161 Å². The summed E-state index contributed by atoms with van der Waals surface area (Å²) in [6.45, 7) is 7.38. The maximum atomic E-state index is 12.7. The minimum absolute atomic E-state index is 0.255. The largest absolute Gasteiger partial charge is 0.349 e. The fourth-order valence-electron chi connectivity index (χ4n) is 3.49. The van der Waals surface area contributed by atoms with Gasteiger partial charge in [0.05, 0.1) is 0 Å². The molecule has 146 valence electrons. The van der Waals surface area contributed by atoms with Gasteiger partial charge in [0.25, 0.3) is 11.5 Å². The molecule has 0 aromatic carbocycles. The molecule has 4 rings (SSSR count). The maximum Gasteiger partial charge on any atom is 0.274 e. The summed E-state index contributed by atoms with van der Waals surface area (Å²) in [6.07, 6.45) is 2.28. The number of fused-ring (bicyclic) bond motifs is 1.